The van der Waals surface area contributed by atoms with Crippen LogP contribution in [0.5, 0.6) is 5.75 Å². The van der Waals surface area contributed by atoms with Gasteiger partial charge in [-0.05, 0) is 55.6 Å². The third-order valence-corrected chi connectivity index (χ3v) is 5.46. The zero-order valence-electron chi connectivity index (χ0n) is 17.0. The Morgan fingerprint density at radius 1 is 1.15 bits per heavy atom. The lowest BCUT2D eigenvalue weighted by molar-refractivity contribution is 0.297. The van der Waals surface area contributed by atoms with Crippen molar-refractivity contribution in [2.75, 3.05) is 41.3 Å². The first-order chi connectivity index (χ1) is 13.0. The SMILES string of the molecule is CN=C(NCC(C)Cc1cccs1)NCC(c1ccc(OC)cc1)N(C)C. The van der Waals surface area contributed by atoms with Gasteiger partial charge in [0.05, 0.1) is 13.2 Å². The van der Waals surface area contributed by atoms with Crippen molar-refractivity contribution in [2.24, 2.45) is 10.9 Å². The van der Waals surface area contributed by atoms with Crippen molar-refractivity contribution in [2.45, 2.75) is 19.4 Å². The van der Waals surface area contributed by atoms with Gasteiger partial charge < -0.3 is 20.3 Å². The molecule has 1 aromatic heterocycles. The summed E-state index contributed by atoms with van der Waals surface area (Å²) in [5, 5.41) is 9.05. The standard InChI is InChI=1S/C21H32N4OS/c1-16(13-19-7-6-12-27-19)14-23-21(22-2)24-15-20(25(3)4)17-8-10-18(26-5)11-9-17/h6-12,16,20H,13-15H2,1-5H3,(H2,22,23,24). The van der Waals surface area contributed by atoms with E-state index in [9.17, 15) is 0 Å². The van der Waals surface area contributed by atoms with Gasteiger partial charge in [0.2, 0.25) is 0 Å². The molecule has 2 atom stereocenters. The molecule has 0 aliphatic heterocycles. The monoisotopic (exact) mass is 388 g/mol. The third kappa shape index (κ3) is 6.88. The summed E-state index contributed by atoms with van der Waals surface area (Å²) in [7, 11) is 7.69. The van der Waals surface area contributed by atoms with Gasteiger partial charge in [-0.1, -0.05) is 25.1 Å². The van der Waals surface area contributed by atoms with Crippen LogP contribution in [0.3, 0.4) is 0 Å². The summed E-state index contributed by atoms with van der Waals surface area (Å²) < 4.78 is 5.26. The van der Waals surface area contributed by atoms with E-state index in [-0.39, 0.29) is 6.04 Å². The van der Waals surface area contributed by atoms with Gasteiger partial charge in [0.15, 0.2) is 5.96 Å². The number of nitrogens with one attached hydrogen (secondary N) is 2. The van der Waals surface area contributed by atoms with Crippen molar-refractivity contribution in [3.63, 3.8) is 0 Å². The molecule has 1 aromatic carbocycles. The molecule has 6 heteroatoms. The number of nitrogens with zero attached hydrogens (tertiary/aromatic N) is 2. The molecule has 0 aliphatic rings. The maximum Gasteiger partial charge on any atom is 0.191 e. The van der Waals surface area contributed by atoms with Gasteiger partial charge in [-0.3, -0.25) is 4.99 Å². The Morgan fingerprint density at radius 2 is 1.85 bits per heavy atom. The normalized spacial score (nSPS) is 14.1. The molecular formula is C21H32N4OS. The molecule has 148 valence electrons. The Kier molecular flexibility index (Phi) is 8.61. The van der Waals surface area contributed by atoms with Gasteiger partial charge in [-0.25, -0.2) is 0 Å². The summed E-state index contributed by atoms with van der Waals surface area (Å²) in [5.74, 6) is 2.27. The lowest BCUT2D eigenvalue weighted by Crippen LogP contribution is -2.43. The van der Waals surface area contributed by atoms with Crippen LogP contribution in [0.25, 0.3) is 0 Å². The minimum absolute atomic E-state index is 0.248. The van der Waals surface area contributed by atoms with E-state index in [2.05, 4.69) is 71.2 Å². The van der Waals surface area contributed by atoms with Crippen LogP contribution in [0.4, 0.5) is 0 Å². The molecule has 0 spiro atoms. The summed E-state index contributed by atoms with van der Waals surface area (Å²) in [4.78, 5) is 8.01. The molecule has 0 bridgehead atoms. The minimum atomic E-state index is 0.248. The minimum Gasteiger partial charge on any atom is -0.497 e. The van der Waals surface area contributed by atoms with Crippen molar-refractivity contribution in [3.05, 3.63) is 52.2 Å². The van der Waals surface area contributed by atoms with Crippen molar-refractivity contribution in [3.8, 4) is 5.75 Å². The van der Waals surface area contributed by atoms with Gasteiger partial charge in [0.25, 0.3) is 0 Å². The van der Waals surface area contributed by atoms with E-state index < -0.39 is 0 Å². The zero-order valence-corrected chi connectivity index (χ0v) is 17.8. The number of aliphatic imine (C=N–C) groups is 1. The van der Waals surface area contributed by atoms with E-state index in [1.54, 1.807) is 7.11 Å². The molecular weight excluding hydrogens is 356 g/mol. The fourth-order valence-electron chi connectivity index (χ4n) is 2.95. The van der Waals surface area contributed by atoms with E-state index in [4.69, 9.17) is 4.74 Å². The molecule has 0 fully saturated rings. The third-order valence-electron chi connectivity index (χ3n) is 4.56. The summed E-state index contributed by atoms with van der Waals surface area (Å²) in [6.07, 6.45) is 1.09. The van der Waals surface area contributed by atoms with Crippen LogP contribution in [0.15, 0.2) is 46.8 Å². The molecule has 0 radical (unpaired) electrons. The lowest BCUT2D eigenvalue weighted by Gasteiger charge is -2.26. The number of rotatable bonds is 9. The number of benzene rings is 1. The summed E-state index contributed by atoms with van der Waals surface area (Å²) >= 11 is 1.82. The first kappa shape index (κ1) is 21.3. The summed E-state index contributed by atoms with van der Waals surface area (Å²) in [6, 6.07) is 12.8. The number of ether oxygens (including phenoxy) is 1. The van der Waals surface area contributed by atoms with Crippen molar-refractivity contribution < 1.29 is 4.74 Å². The van der Waals surface area contributed by atoms with Crippen molar-refractivity contribution in [1.82, 2.24) is 15.5 Å². The predicted octanol–water partition coefficient (Wildman–Crippen LogP) is 3.40. The fourth-order valence-corrected chi connectivity index (χ4v) is 3.82. The highest BCUT2D eigenvalue weighted by atomic mass is 32.1. The van der Waals surface area contributed by atoms with E-state index in [1.165, 1.54) is 10.4 Å². The van der Waals surface area contributed by atoms with Crippen LogP contribution in [0.1, 0.15) is 23.4 Å². The molecule has 0 amide bonds. The molecule has 1 heterocycles. The second-order valence-electron chi connectivity index (χ2n) is 6.98. The Hall–Kier alpha value is -2.05. The quantitative estimate of drug-likeness (QED) is 0.511. The van der Waals surface area contributed by atoms with E-state index >= 15 is 0 Å². The number of thiophene rings is 1. The highest BCUT2D eigenvalue weighted by Gasteiger charge is 2.15. The van der Waals surface area contributed by atoms with Gasteiger partial charge >= 0.3 is 0 Å². The average Bonchev–Trinajstić information content (AvgIpc) is 3.17. The zero-order chi connectivity index (χ0) is 19.6. The van der Waals surface area contributed by atoms with E-state index in [0.717, 1.165) is 31.2 Å². The van der Waals surface area contributed by atoms with Crippen LogP contribution in [-0.4, -0.2) is 52.2 Å². The molecule has 2 rings (SSSR count). The van der Waals surface area contributed by atoms with Crippen LogP contribution in [-0.2, 0) is 6.42 Å². The molecule has 5 nitrogen and oxygen atoms in total. The van der Waals surface area contributed by atoms with E-state index in [1.807, 2.05) is 30.5 Å². The molecule has 0 aliphatic carbocycles. The maximum absolute atomic E-state index is 5.26. The smallest absolute Gasteiger partial charge is 0.191 e. The average molecular weight is 389 g/mol. The largest absolute Gasteiger partial charge is 0.497 e. The summed E-state index contributed by atoms with van der Waals surface area (Å²) in [6.45, 7) is 3.94. The van der Waals surface area contributed by atoms with E-state index in [0.29, 0.717) is 5.92 Å². The van der Waals surface area contributed by atoms with Crippen LogP contribution >= 0.6 is 11.3 Å². The fraction of sp³-hybridized carbons (Fsp3) is 0.476. The molecule has 0 saturated heterocycles. The molecule has 2 unspecified atom stereocenters. The van der Waals surface area contributed by atoms with Gasteiger partial charge in [0.1, 0.15) is 5.75 Å². The lowest BCUT2D eigenvalue weighted by atomic mass is 10.1. The number of hydrogen-bond acceptors (Lipinski definition) is 4. The van der Waals surface area contributed by atoms with Gasteiger partial charge in [-0.15, -0.1) is 11.3 Å². The Balaban J connectivity index is 1.86. The van der Waals surface area contributed by atoms with Gasteiger partial charge in [-0.2, -0.15) is 0 Å². The maximum atomic E-state index is 5.26. The van der Waals surface area contributed by atoms with Crippen LogP contribution < -0.4 is 15.4 Å². The van der Waals surface area contributed by atoms with Crippen molar-refractivity contribution in [1.29, 1.82) is 0 Å². The first-order valence-corrected chi connectivity index (χ1v) is 10.2. The number of methoxy groups -OCH3 is 1. The Labute approximate surface area is 167 Å². The van der Waals surface area contributed by atoms with Gasteiger partial charge in [0, 0.05) is 25.0 Å². The highest BCUT2D eigenvalue weighted by Crippen LogP contribution is 2.20. The first-order valence-electron chi connectivity index (χ1n) is 9.30. The highest BCUT2D eigenvalue weighted by molar-refractivity contribution is 7.09. The topological polar surface area (TPSA) is 48.9 Å². The van der Waals surface area contributed by atoms with Crippen LogP contribution in [0.2, 0.25) is 0 Å². The Morgan fingerprint density at radius 3 is 2.41 bits per heavy atom. The number of hydrogen-bond donors (Lipinski definition) is 2. The molecule has 27 heavy (non-hydrogen) atoms. The Bertz CT molecular complexity index is 683. The summed E-state index contributed by atoms with van der Waals surface area (Å²) in [5.41, 5.74) is 1.25. The molecule has 2 N–H and O–H groups in total. The molecule has 2 aromatic rings. The van der Waals surface area contributed by atoms with Crippen molar-refractivity contribution >= 4 is 17.3 Å². The number of guanidine groups is 1. The second-order valence-corrected chi connectivity index (χ2v) is 8.01. The molecule has 0 saturated carbocycles. The number of likely N-dealkylation sites (N-methyl/N-ethyl adjacent to an activating group) is 1. The van der Waals surface area contributed by atoms with Crippen LogP contribution in [0, 0.1) is 5.92 Å². The predicted molar refractivity (Wildman–Crippen MR) is 116 cm³/mol. The second kappa shape index (κ2) is 10.9.